The summed E-state index contributed by atoms with van der Waals surface area (Å²) in [5.41, 5.74) is 1.40. The number of Topliss-reactive ketones (excluding diaryl/α,β-unsaturated/α-hetero) is 1. The monoisotopic (exact) mass is 301 g/mol. The summed E-state index contributed by atoms with van der Waals surface area (Å²) in [6, 6.07) is 7.36. The minimum atomic E-state index is -0.0272. The highest BCUT2D eigenvalue weighted by Crippen LogP contribution is 2.27. The molecule has 1 aromatic carbocycles. The number of rotatable bonds is 2. The van der Waals surface area contributed by atoms with Crippen molar-refractivity contribution in [1.82, 2.24) is 9.80 Å². The van der Waals surface area contributed by atoms with Crippen molar-refractivity contribution in [3.05, 3.63) is 29.8 Å². The molecule has 4 rings (SSSR count). The van der Waals surface area contributed by atoms with Gasteiger partial charge in [0.1, 0.15) is 0 Å². The van der Waals surface area contributed by atoms with Gasteiger partial charge >= 0.3 is 6.03 Å². The van der Waals surface area contributed by atoms with Crippen LogP contribution in [0.3, 0.4) is 0 Å². The van der Waals surface area contributed by atoms with Crippen molar-refractivity contribution in [2.45, 2.75) is 25.8 Å². The number of carbonyl (C=O) groups is 2. The number of amides is 2. The van der Waals surface area contributed by atoms with Crippen LogP contribution in [0.2, 0.25) is 0 Å². The number of likely N-dealkylation sites (N-methyl/N-ethyl adjacent to an activating group) is 1. The zero-order valence-corrected chi connectivity index (χ0v) is 13.2. The average molecular weight is 301 g/mol. The molecular weight excluding hydrogens is 278 g/mol. The topological polar surface area (TPSA) is 52.7 Å². The fourth-order valence-electron chi connectivity index (χ4n) is 3.55. The van der Waals surface area contributed by atoms with Crippen LogP contribution in [0.4, 0.5) is 10.5 Å². The fourth-order valence-corrected chi connectivity index (χ4v) is 3.55. The first-order chi connectivity index (χ1) is 10.5. The predicted octanol–water partition coefficient (Wildman–Crippen LogP) is 2.45. The van der Waals surface area contributed by atoms with E-state index in [1.807, 2.05) is 4.90 Å². The maximum absolute atomic E-state index is 12.6. The molecule has 22 heavy (non-hydrogen) atoms. The summed E-state index contributed by atoms with van der Waals surface area (Å²) in [5.74, 6) is 0.611. The van der Waals surface area contributed by atoms with Gasteiger partial charge in [0.25, 0.3) is 0 Å². The molecule has 3 aliphatic heterocycles. The number of ketones is 1. The predicted molar refractivity (Wildman–Crippen MR) is 86.2 cm³/mol. The third-order valence-electron chi connectivity index (χ3n) is 4.70. The van der Waals surface area contributed by atoms with Crippen molar-refractivity contribution in [1.29, 1.82) is 0 Å². The molecule has 0 radical (unpaired) electrons. The summed E-state index contributed by atoms with van der Waals surface area (Å²) in [4.78, 5) is 28.2. The Balaban J connectivity index is 1.68. The fraction of sp³-hybridized carbons (Fsp3) is 0.529. The number of nitrogens with zero attached hydrogens (tertiary/aromatic N) is 2. The lowest BCUT2D eigenvalue weighted by Crippen LogP contribution is -2.49. The summed E-state index contributed by atoms with van der Waals surface area (Å²) in [6.07, 6.45) is 2.30. The van der Waals surface area contributed by atoms with Crippen LogP contribution < -0.4 is 5.32 Å². The van der Waals surface area contributed by atoms with E-state index in [-0.39, 0.29) is 11.8 Å². The molecule has 0 aliphatic carbocycles. The summed E-state index contributed by atoms with van der Waals surface area (Å²) in [5, 5.41) is 2.96. The Morgan fingerprint density at radius 3 is 2.50 bits per heavy atom. The van der Waals surface area contributed by atoms with Gasteiger partial charge in [0.05, 0.1) is 0 Å². The minimum Gasteiger partial charge on any atom is -0.320 e. The molecule has 5 nitrogen and oxygen atoms in total. The van der Waals surface area contributed by atoms with Crippen molar-refractivity contribution in [2.24, 2.45) is 5.92 Å². The Bertz CT molecular complexity index is 570. The molecule has 3 aliphatic rings. The highest BCUT2D eigenvalue weighted by atomic mass is 16.2. The van der Waals surface area contributed by atoms with Gasteiger partial charge in [-0.05, 0) is 57.0 Å². The lowest BCUT2D eigenvalue weighted by molar-refractivity contribution is 0.101. The van der Waals surface area contributed by atoms with Gasteiger partial charge in [0, 0.05) is 36.9 Å². The number of anilines is 1. The van der Waals surface area contributed by atoms with Crippen LogP contribution >= 0.6 is 0 Å². The Hall–Kier alpha value is -1.88. The first-order valence-electron chi connectivity index (χ1n) is 7.90. The van der Waals surface area contributed by atoms with Gasteiger partial charge in [0.15, 0.2) is 5.78 Å². The standard InChI is InChI=1S/C17H23N3O2/c1-12(21)14-4-6-15(7-5-14)18-17(22)20-10-13-3-8-16(20)11-19(2)9-13/h4-7,13,16H,3,8-11H2,1-2H3,(H,18,22)/t13-,16+/m1/s1. The maximum atomic E-state index is 12.6. The van der Waals surface area contributed by atoms with Crippen LogP contribution in [0.25, 0.3) is 0 Å². The molecule has 0 unspecified atom stereocenters. The molecule has 2 atom stereocenters. The third-order valence-corrected chi connectivity index (χ3v) is 4.70. The number of hydrogen-bond acceptors (Lipinski definition) is 3. The van der Waals surface area contributed by atoms with Gasteiger partial charge in [-0.2, -0.15) is 0 Å². The van der Waals surface area contributed by atoms with E-state index in [0.29, 0.717) is 17.5 Å². The molecule has 2 amide bonds. The van der Waals surface area contributed by atoms with E-state index in [1.165, 1.54) is 13.3 Å². The smallest absolute Gasteiger partial charge is 0.320 e. The average Bonchev–Trinajstić information content (AvgIpc) is 2.76. The van der Waals surface area contributed by atoms with Gasteiger partial charge < -0.3 is 15.1 Å². The highest BCUT2D eigenvalue weighted by molar-refractivity contribution is 5.95. The van der Waals surface area contributed by atoms with Gasteiger partial charge in [-0.1, -0.05) is 0 Å². The number of fused-ring (bicyclic) bond motifs is 4. The quantitative estimate of drug-likeness (QED) is 0.854. The summed E-state index contributed by atoms with van der Waals surface area (Å²) in [7, 11) is 2.13. The van der Waals surface area contributed by atoms with Gasteiger partial charge in [-0.15, -0.1) is 0 Å². The second-order valence-corrected chi connectivity index (χ2v) is 6.53. The number of carbonyl (C=O) groups excluding carboxylic acids is 2. The largest absolute Gasteiger partial charge is 0.322 e. The van der Waals surface area contributed by atoms with E-state index in [9.17, 15) is 9.59 Å². The molecule has 3 fully saturated rings. The van der Waals surface area contributed by atoms with Gasteiger partial charge in [0.2, 0.25) is 0 Å². The minimum absolute atomic E-state index is 0.0272. The van der Waals surface area contributed by atoms with E-state index in [0.717, 1.165) is 31.7 Å². The van der Waals surface area contributed by atoms with Crippen LogP contribution in [0.15, 0.2) is 24.3 Å². The lowest BCUT2D eigenvalue weighted by atomic mass is 9.95. The first-order valence-corrected chi connectivity index (χ1v) is 7.90. The molecule has 1 N–H and O–H groups in total. The molecule has 1 aromatic rings. The SMILES string of the molecule is CC(=O)c1ccc(NC(=O)N2C[C@@H]3CC[C@H]2CN(C)C3)cc1. The maximum Gasteiger partial charge on any atom is 0.322 e. The van der Waals surface area contributed by atoms with E-state index < -0.39 is 0 Å². The Morgan fingerprint density at radius 1 is 1.09 bits per heavy atom. The van der Waals surface area contributed by atoms with Crippen LogP contribution in [-0.4, -0.2) is 54.3 Å². The van der Waals surface area contributed by atoms with Crippen LogP contribution in [0.5, 0.6) is 0 Å². The van der Waals surface area contributed by atoms with Crippen molar-refractivity contribution in [2.75, 3.05) is 32.0 Å². The number of nitrogens with one attached hydrogen (secondary N) is 1. The molecule has 0 aromatic heterocycles. The molecule has 3 saturated heterocycles. The van der Waals surface area contributed by atoms with Crippen LogP contribution in [-0.2, 0) is 0 Å². The van der Waals surface area contributed by atoms with Crippen LogP contribution in [0, 0.1) is 5.92 Å². The molecule has 3 heterocycles. The summed E-state index contributed by atoms with van der Waals surface area (Å²) in [6.45, 7) is 4.41. The molecule has 0 spiro atoms. The molecule has 118 valence electrons. The number of urea groups is 1. The Kier molecular flexibility index (Phi) is 4.16. The van der Waals surface area contributed by atoms with Gasteiger partial charge in [-0.3, -0.25) is 4.79 Å². The van der Waals surface area contributed by atoms with E-state index in [4.69, 9.17) is 0 Å². The van der Waals surface area contributed by atoms with E-state index >= 15 is 0 Å². The molecule has 2 bridgehead atoms. The zero-order chi connectivity index (χ0) is 15.7. The number of benzene rings is 1. The summed E-state index contributed by atoms with van der Waals surface area (Å²) < 4.78 is 0. The van der Waals surface area contributed by atoms with Crippen molar-refractivity contribution in [3.63, 3.8) is 0 Å². The van der Waals surface area contributed by atoms with Gasteiger partial charge in [-0.25, -0.2) is 4.79 Å². The van der Waals surface area contributed by atoms with Crippen molar-refractivity contribution < 1.29 is 9.59 Å². The normalized spacial score (nSPS) is 24.9. The number of hydrogen-bond donors (Lipinski definition) is 1. The summed E-state index contributed by atoms with van der Waals surface area (Å²) >= 11 is 0. The first kappa shape index (κ1) is 15.0. The Labute approximate surface area is 131 Å². The van der Waals surface area contributed by atoms with Crippen molar-refractivity contribution >= 4 is 17.5 Å². The third kappa shape index (κ3) is 3.14. The van der Waals surface area contributed by atoms with Crippen LogP contribution in [0.1, 0.15) is 30.1 Å². The zero-order valence-electron chi connectivity index (χ0n) is 13.2. The Morgan fingerprint density at radius 2 is 1.82 bits per heavy atom. The highest BCUT2D eigenvalue weighted by Gasteiger charge is 2.36. The molecule has 5 heteroatoms. The lowest BCUT2D eigenvalue weighted by Gasteiger charge is -2.36. The molecular formula is C17H23N3O2. The van der Waals surface area contributed by atoms with E-state index in [1.54, 1.807) is 24.3 Å². The second kappa shape index (κ2) is 6.08. The molecule has 0 saturated carbocycles. The second-order valence-electron chi connectivity index (χ2n) is 6.53. The number of piperidine rings is 1. The van der Waals surface area contributed by atoms with E-state index in [2.05, 4.69) is 17.3 Å². The van der Waals surface area contributed by atoms with Crippen molar-refractivity contribution in [3.8, 4) is 0 Å².